The number of hydrogen-bond donors (Lipinski definition) is 2. The maximum absolute atomic E-state index is 12.1. The first-order valence-electron chi connectivity index (χ1n) is 9.72. The number of hydrogen-bond acceptors (Lipinski definition) is 5. The molecule has 2 aliphatic heterocycles. The molecule has 6 heteroatoms. The number of nitrogens with two attached hydrogens (primary N) is 1. The molecule has 0 aliphatic carbocycles. The summed E-state index contributed by atoms with van der Waals surface area (Å²) < 4.78 is 7.68. The van der Waals surface area contributed by atoms with E-state index in [1.807, 2.05) is 26.2 Å². The molecule has 0 saturated carbocycles. The Bertz CT molecular complexity index is 860. The average Bonchev–Trinajstić information content (AvgIpc) is 3.04. The van der Waals surface area contributed by atoms with E-state index in [-0.39, 0.29) is 17.8 Å². The smallest absolute Gasteiger partial charge is 0.253 e. The molecule has 144 valence electrons. The molecular weight excluding hydrogens is 340 g/mol. The summed E-state index contributed by atoms with van der Waals surface area (Å²) in [5, 5.41) is 3.63. The lowest BCUT2D eigenvalue weighted by Crippen LogP contribution is -2.38. The topological polar surface area (TPSA) is 72.5 Å². The van der Waals surface area contributed by atoms with Gasteiger partial charge in [-0.05, 0) is 49.9 Å². The van der Waals surface area contributed by atoms with Crippen molar-refractivity contribution in [1.29, 1.82) is 0 Å². The number of pyridine rings is 1. The van der Waals surface area contributed by atoms with Crippen molar-refractivity contribution in [2.24, 2.45) is 12.8 Å². The van der Waals surface area contributed by atoms with E-state index >= 15 is 0 Å². The first kappa shape index (κ1) is 18.1. The molecule has 6 nitrogen and oxygen atoms in total. The number of aryl methyl sites for hydroxylation is 2. The normalized spacial score (nSPS) is 21.8. The maximum atomic E-state index is 12.1. The minimum absolute atomic E-state index is 0.0240. The molecule has 2 aliphatic rings. The van der Waals surface area contributed by atoms with Crippen molar-refractivity contribution in [1.82, 2.24) is 4.57 Å². The summed E-state index contributed by atoms with van der Waals surface area (Å²) in [7, 11) is 1.81. The van der Waals surface area contributed by atoms with Gasteiger partial charge in [0.05, 0.1) is 17.5 Å². The van der Waals surface area contributed by atoms with Crippen molar-refractivity contribution in [3.8, 4) is 0 Å². The lowest BCUT2D eigenvalue weighted by atomic mass is 10.1. The third-order valence-electron chi connectivity index (χ3n) is 5.58. The van der Waals surface area contributed by atoms with Crippen LogP contribution in [-0.2, 0) is 18.3 Å². The van der Waals surface area contributed by atoms with E-state index in [0.29, 0.717) is 6.54 Å². The zero-order valence-corrected chi connectivity index (χ0v) is 16.1. The Morgan fingerprint density at radius 2 is 2.15 bits per heavy atom. The molecule has 0 amide bonds. The fraction of sp³-hybridized carbons (Fsp3) is 0.476. The van der Waals surface area contributed by atoms with Gasteiger partial charge in [-0.2, -0.15) is 0 Å². The van der Waals surface area contributed by atoms with Crippen LogP contribution in [0.2, 0.25) is 0 Å². The summed E-state index contributed by atoms with van der Waals surface area (Å²) in [5.41, 5.74) is 11.1. The Balaban J connectivity index is 1.72. The van der Waals surface area contributed by atoms with Gasteiger partial charge < -0.3 is 25.3 Å². The Kier molecular flexibility index (Phi) is 4.93. The number of fused-ring (bicyclic) bond motifs is 1. The minimum Gasteiger partial charge on any atom is -0.376 e. The molecule has 2 atom stereocenters. The molecule has 1 aromatic heterocycles. The molecule has 1 fully saturated rings. The molecule has 3 N–H and O–H groups in total. The molecule has 27 heavy (non-hydrogen) atoms. The van der Waals surface area contributed by atoms with Gasteiger partial charge in [0, 0.05) is 44.1 Å². The fourth-order valence-electron chi connectivity index (χ4n) is 4.12. The van der Waals surface area contributed by atoms with Crippen LogP contribution >= 0.6 is 0 Å². The quantitative estimate of drug-likeness (QED) is 0.868. The van der Waals surface area contributed by atoms with Crippen LogP contribution in [0.5, 0.6) is 0 Å². The molecule has 2 unspecified atom stereocenters. The lowest BCUT2D eigenvalue weighted by Gasteiger charge is -2.33. The predicted octanol–water partition coefficient (Wildman–Crippen LogP) is 2.65. The second kappa shape index (κ2) is 7.37. The zero-order valence-electron chi connectivity index (χ0n) is 16.1. The summed E-state index contributed by atoms with van der Waals surface area (Å²) >= 11 is 0. The molecule has 2 aromatic rings. The van der Waals surface area contributed by atoms with Gasteiger partial charge in [-0.15, -0.1) is 0 Å². The Morgan fingerprint density at radius 1 is 1.30 bits per heavy atom. The SMILES string of the molecule is Cc1cc(C2Nc3ccc(CN)cc3N2CC2CCCCO2)cn(C)c1=O. The minimum atomic E-state index is -0.0240. The van der Waals surface area contributed by atoms with Crippen molar-refractivity contribution in [2.45, 2.75) is 45.0 Å². The highest BCUT2D eigenvalue weighted by atomic mass is 16.5. The van der Waals surface area contributed by atoms with Crippen LogP contribution in [-0.4, -0.2) is 23.8 Å². The number of aromatic nitrogens is 1. The van der Waals surface area contributed by atoms with E-state index in [0.717, 1.165) is 54.1 Å². The monoisotopic (exact) mass is 368 g/mol. The number of rotatable bonds is 4. The standard InChI is InChI=1S/C21H28N4O2/c1-14-9-16(12-24(2)21(14)26)20-23-18-7-6-15(11-22)10-19(18)25(20)13-17-5-3-4-8-27-17/h6-7,9-10,12,17,20,23H,3-5,8,11,13,22H2,1-2H3. The summed E-state index contributed by atoms with van der Waals surface area (Å²) in [6, 6.07) is 8.32. The molecule has 3 heterocycles. The molecule has 0 bridgehead atoms. The van der Waals surface area contributed by atoms with Crippen LogP contribution in [0.15, 0.2) is 35.3 Å². The predicted molar refractivity (Wildman–Crippen MR) is 108 cm³/mol. The molecule has 1 saturated heterocycles. The van der Waals surface area contributed by atoms with Crippen LogP contribution in [0.3, 0.4) is 0 Å². The fourth-order valence-corrected chi connectivity index (χ4v) is 4.12. The van der Waals surface area contributed by atoms with Crippen molar-refractivity contribution in [3.05, 3.63) is 57.5 Å². The van der Waals surface area contributed by atoms with Crippen LogP contribution in [0.4, 0.5) is 11.4 Å². The van der Waals surface area contributed by atoms with E-state index in [1.54, 1.807) is 4.57 Å². The number of ether oxygens (including phenoxy) is 1. The molecule has 4 rings (SSSR count). The van der Waals surface area contributed by atoms with Gasteiger partial charge in [-0.25, -0.2) is 0 Å². The number of benzene rings is 1. The van der Waals surface area contributed by atoms with Crippen LogP contribution < -0.4 is 21.5 Å². The van der Waals surface area contributed by atoms with E-state index < -0.39 is 0 Å². The van der Waals surface area contributed by atoms with Gasteiger partial charge >= 0.3 is 0 Å². The largest absolute Gasteiger partial charge is 0.376 e. The Labute approximate surface area is 159 Å². The van der Waals surface area contributed by atoms with Crippen LogP contribution in [0, 0.1) is 6.92 Å². The first-order valence-corrected chi connectivity index (χ1v) is 9.72. The summed E-state index contributed by atoms with van der Waals surface area (Å²) in [6.45, 7) is 4.05. The number of nitrogens with zero attached hydrogens (tertiary/aromatic N) is 2. The van der Waals surface area contributed by atoms with E-state index in [4.69, 9.17) is 10.5 Å². The lowest BCUT2D eigenvalue weighted by molar-refractivity contribution is 0.0204. The van der Waals surface area contributed by atoms with Crippen LogP contribution in [0.1, 0.15) is 42.1 Å². The van der Waals surface area contributed by atoms with E-state index in [9.17, 15) is 4.79 Å². The second-order valence-electron chi connectivity index (χ2n) is 7.62. The number of nitrogens with one attached hydrogen (secondary N) is 1. The maximum Gasteiger partial charge on any atom is 0.253 e. The molecule has 0 radical (unpaired) electrons. The van der Waals surface area contributed by atoms with E-state index in [1.165, 1.54) is 6.42 Å². The summed E-state index contributed by atoms with van der Waals surface area (Å²) in [4.78, 5) is 14.5. The Morgan fingerprint density at radius 3 is 2.85 bits per heavy atom. The van der Waals surface area contributed by atoms with Crippen molar-refractivity contribution in [3.63, 3.8) is 0 Å². The van der Waals surface area contributed by atoms with Gasteiger partial charge in [0.15, 0.2) is 0 Å². The molecule has 0 spiro atoms. The van der Waals surface area contributed by atoms with Crippen molar-refractivity contribution >= 4 is 11.4 Å². The van der Waals surface area contributed by atoms with Gasteiger partial charge in [0.1, 0.15) is 6.17 Å². The highest BCUT2D eigenvalue weighted by molar-refractivity contribution is 5.77. The summed E-state index contributed by atoms with van der Waals surface area (Å²) in [5.74, 6) is 0. The van der Waals surface area contributed by atoms with Crippen molar-refractivity contribution < 1.29 is 4.74 Å². The molecular formula is C21H28N4O2. The van der Waals surface area contributed by atoms with Gasteiger partial charge in [0.2, 0.25) is 0 Å². The number of anilines is 2. The third kappa shape index (κ3) is 3.47. The Hall–Kier alpha value is -2.31. The van der Waals surface area contributed by atoms with Crippen molar-refractivity contribution in [2.75, 3.05) is 23.4 Å². The highest BCUT2D eigenvalue weighted by Crippen LogP contribution is 2.42. The second-order valence-corrected chi connectivity index (χ2v) is 7.62. The first-order chi connectivity index (χ1) is 13.1. The van der Waals surface area contributed by atoms with Crippen LogP contribution in [0.25, 0.3) is 0 Å². The highest BCUT2D eigenvalue weighted by Gasteiger charge is 2.33. The molecule has 1 aromatic carbocycles. The van der Waals surface area contributed by atoms with Gasteiger partial charge in [0.25, 0.3) is 5.56 Å². The van der Waals surface area contributed by atoms with E-state index in [2.05, 4.69) is 28.4 Å². The third-order valence-corrected chi connectivity index (χ3v) is 5.58. The van der Waals surface area contributed by atoms with Gasteiger partial charge in [-0.1, -0.05) is 6.07 Å². The zero-order chi connectivity index (χ0) is 19.0. The van der Waals surface area contributed by atoms with Gasteiger partial charge in [-0.3, -0.25) is 4.79 Å². The average molecular weight is 368 g/mol. The summed E-state index contributed by atoms with van der Waals surface area (Å²) in [6.07, 6.45) is 5.57.